The highest BCUT2D eigenvalue weighted by atomic mass is 16.5. The molecule has 128 valence electrons. The molecular formula is C20H25NO3. The van der Waals surface area contributed by atoms with Crippen LogP contribution in [-0.4, -0.2) is 31.1 Å². The fraction of sp³-hybridized carbons (Fsp3) is 0.350. The van der Waals surface area contributed by atoms with Crippen LogP contribution in [0.25, 0.3) is 0 Å². The van der Waals surface area contributed by atoms with Crippen molar-refractivity contribution < 1.29 is 14.3 Å². The van der Waals surface area contributed by atoms with E-state index in [0.29, 0.717) is 18.7 Å². The van der Waals surface area contributed by atoms with E-state index < -0.39 is 6.10 Å². The van der Waals surface area contributed by atoms with Gasteiger partial charge < -0.3 is 14.4 Å². The quantitative estimate of drug-likeness (QED) is 0.776. The van der Waals surface area contributed by atoms with Gasteiger partial charge in [-0.3, -0.25) is 4.79 Å². The highest BCUT2D eigenvalue weighted by Gasteiger charge is 2.22. The number of hydrogen-bond acceptors (Lipinski definition) is 3. The zero-order valence-corrected chi connectivity index (χ0v) is 14.8. The SMILES string of the molecule is CC[C@H](Oc1ccc(OC)cc1)C(=O)N(C)Cc1ccc(C)cc1. The third-order valence-electron chi connectivity index (χ3n) is 3.90. The minimum absolute atomic E-state index is 0.0195. The van der Waals surface area contributed by atoms with Gasteiger partial charge in [-0.25, -0.2) is 0 Å². The van der Waals surface area contributed by atoms with Crippen molar-refractivity contribution in [2.24, 2.45) is 0 Å². The second-order valence-corrected chi connectivity index (χ2v) is 5.87. The second-order valence-electron chi connectivity index (χ2n) is 5.87. The molecule has 0 saturated carbocycles. The lowest BCUT2D eigenvalue weighted by atomic mass is 10.1. The Balaban J connectivity index is 1.99. The summed E-state index contributed by atoms with van der Waals surface area (Å²) in [5.74, 6) is 1.41. The molecule has 0 bridgehead atoms. The van der Waals surface area contributed by atoms with Crippen molar-refractivity contribution in [2.45, 2.75) is 32.9 Å². The number of carbonyl (C=O) groups excluding carboxylic acids is 1. The minimum atomic E-state index is -0.492. The van der Waals surface area contributed by atoms with E-state index >= 15 is 0 Å². The Labute approximate surface area is 144 Å². The Bertz CT molecular complexity index is 650. The molecule has 0 unspecified atom stereocenters. The lowest BCUT2D eigenvalue weighted by Gasteiger charge is -2.24. The van der Waals surface area contributed by atoms with E-state index in [0.717, 1.165) is 11.3 Å². The Hall–Kier alpha value is -2.49. The van der Waals surface area contributed by atoms with Crippen molar-refractivity contribution in [2.75, 3.05) is 14.2 Å². The highest BCUT2D eigenvalue weighted by molar-refractivity contribution is 5.81. The first-order valence-electron chi connectivity index (χ1n) is 8.14. The summed E-state index contributed by atoms with van der Waals surface area (Å²) in [4.78, 5) is 14.4. The van der Waals surface area contributed by atoms with Crippen molar-refractivity contribution >= 4 is 5.91 Å². The van der Waals surface area contributed by atoms with Crippen LogP contribution in [0.1, 0.15) is 24.5 Å². The highest BCUT2D eigenvalue weighted by Crippen LogP contribution is 2.20. The molecule has 1 atom stereocenters. The molecule has 0 aliphatic rings. The number of nitrogens with zero attached hydrogens (tertiary/aromatic N) is 1. The zero-order valence-electron chi connectivity index (χ0n) is 14.8. The van der Waals surface area contributed by atoms with Crippen LogP contribution in [0, 0.1) is 6.92 Å². The van der Waals surface area contributed by atoms with Crippen LogP contribution in [0.3, 0.4) is 0 Å². The molecule has 0 radical (unpaired) electrons. The summed E-state index contributed by atoms with van der Waals surface area (Å²) < 4.78 is 11.0. The number of rotatable bonds is 7. The first-order chi connectivity index (χ1) is 11.5. The molecule has 1 amide bonds. The van der Waals surface area contributed by atoms with Gasteiger partial charge in [0.05, 0.1) is 7.11 Å². The second kappa shape index (κ2) is 8.39. The van der Waals surface area contributed by atoms with Crippen LogP contribution in [-0.2, 0) is 11.3 Å². The van der Waals surface area contributed by atoms with Gasteiger partial charge in [0.15, 0.2) is 6.10 Å². The third-order valence-corrected chi connectivity index (χ3v) is 3.90. The maximum Gasteiger partial charge on any atom is 0.263 e. The summed E-state index contributed by atoms with van der Waals surface area (Å²) in [5, 5.41) is 0. The Morgan fingerprint density at radius 2 is 1.62 bits per heavy atom. The predicted molar refractivity (Wildman–Crippen MR) is 95.4 cm³/mol. The molecule has 0 saturated heterocycles. The molecule has 0 aliphatic heterocycles. The van der Waals surface area contributed by atoms with E-state index in [1.807, 2.05) is 50.4 Å². The Morgan fingerprint density at radius 1 is 1.04 bits per heavy atom. The van der Waals surface area contributed by atoms with E-state index in [9.17, 15) is 4.79 Å². The van der Waals surface area contributed by atoms with E-state index in [1.54, 1.807) is 12.0 Å². The number of ether oxygens (including phenoxy) is 2. The van der Waals surface area contributed by atoms with Crippen LogP contribution in [0.15, 0.2) is 48.5 Å². The molecule has 0 aliphatic carbocycles. The van der Waals surface area contributed by atoms with Gasteiger partial charge in [0, 0.05) is 13.6 Å². The van der Waals surface area contributed by atoms with Crippen molar-refractivity contribution in [3.63, 3.8) is 0 Å². The topological polar surface area (TPSA) is 38.8 Å². The average molecular weight is 327 g/mol. The smallest absolute Gasteiger partial charge is 0.263 e. The Morgan fingerprint density at radius 3 is 2.17 bits per heavy atom. The normalized spacial score (nSPS) is 11.7. The van der Waals surface area contributed by atoms with Crippen LogP contribution < -0.4 is 9.47 Å². The summed E-state index contributed by atoms with van der Waals surface area (Å²) >= 11 is 0. The fourth-order valence-corrected chi connectivity index (χ4v) is 2.42. The summed E-state index contributed by atoms with van der Waals surface area (Å²) in [6, 6.07) is 15.5. The number of benzene rings is 2. The molecule has 0 N–H and O–H groups in total. The molecule has 2 aromatic carbocycles. The van der Waals surface area contributed by atoms with Gasteiger partial charge in [0.1, 0.15) is 11.5 Å². The van der Waals surface area contributed by atoms with Crippen LogP contribution >= 0.6 is 0 Å². The van der Waals surface area contributed by atoms with Gasteiger partial charge in [0.25, 0.3) is 5.91 Å². The van der Waals surface area contributed by atoms with Gasteiger partial charge in [-0.1, -0.05) is 36.8 Å². The van der Waals surface area contributed by atoms with Crippen molar-refractivity contribution in [3.05, 3.63) is 59.7 Å². The van der Waals surface area contributed by atoms with Crippen molar-refractivity contribution in [1.29, 1.82) is 0 Å². The summed E-state index contributed by atoms with van der Waals surface area (Å²) in [6.07, 6.45) is 0.122. The molecule has 2 aromatic rings. The van der Waals surface area contributed by atoms with E-state index in [4.69, 9.17) is 9.47 Å². The Kier molecular flexibility index (Phi) is 6.24. The van der Waals surface area contributed by atoms with Crippen molar-refractivity contribution in [1.82, 2.24) is 4.90 Å². The molecule has 0 fully saturated rings. The number of amides is 1. The molecule has 24 heavy (non-hydrogen) atoms. The number of carbonyl (C=O) groups is 1. The zero-order chi connectivity index (χ0) is 17.5. The largest absolute Gasteiger partial charge is 0.497 e. The summed E-state index contributed by atoms with van der Waals surface area (Å²) in [6.45, 7) is 4.57. The standard InChI is InChI=1S/C20H25NO3/c1-5-19(24-18-12-10-17(23-4)11-13-18)20(22)21(3)14-16-8-6-15(2)7-9-16/h6-13,19H,5,14H2,1-4H3/t19-/m0/s1. The predicted octanol–water partition coefficient (Wildman–Crippen LogP) is 3.82. The average Bonchev–Trinajstić information content (AvgIpc) is 2.61. The van der Waals surface area contributed by atoms with E-state index in [1.165, 1.54) is 5.56 Å². The molecule has 4 nitrogen and oxygen atoms in total. The number of likely N-dealkylation sites (N-methyl/N-ethyl adjacent to an activating group) is 1. The number of aryl methyl sites for hydroxylation is 1. The first kappa shape index (κ1) is 17.9. The lowest BCUT2D eigenvalue weighted by molar-refractivity contribution is -0.138. The maximum atomic E-state index is 12.6. The molecular weight excluding hydrogens is 302 g/mol. The first-order valence-corrected chi connectivity index (χ1v) is 8.14. The number of hydrogen-bond donors (Lipinski definition) is 0. The van der Waals surface area contributed by atoms with Gasteiger partial charge in [-0.05, 0) is 43.2 Å². The lowest BCUT2D eigenvalue weighted by Crippen LogP contribution is -2.39. The monoisotopic (exact) mass is 327 g/mol. The van der Waals surface area contributed by atoms with Gasteiger partial charge in [0.2, 0.25) is 0 Å². The molecule has 0 heterocycles. The van der Waals surface area contributed by atoms with Gasteiger partial charge >= 0.3 is 0 Å². The molecule has 0 aromatic heterocycles. The van der Waals surface area contributed by atoms with Gasteiger partial charge in [-0.2, -0.15) is 0 Å². The van der Waals surface area contributed by atoms with Crippen molar-refractivity contribution in [3.8, 4) is 11.5 Å². The van der Waals surface area contributed by atoms with E-state index in [-0.39, 0.29) is 5.91 Å². The molecule has 4 heteroatoms. The van der Waals surface area contributed by atoms with Crippen LogP contribution in [0.4, 0.5) is 0 Å². The number of methoxy groups -OCH3 is 1. The molecule has 0 spiro atoms. The summed E-state index contributed by atoms with van der Waals surface area (Å²) in [5.41, 5.74) is 2.32. The maximum absolute atomic E-state index is 12.6. The minimum Gasteiger partial charge on any atom is -0.497 e. The van der Waals surface area contributed by atoms with Crippen LogP contribution in [0.5, 0.6) is 11.5 Å². The van der Waals surface area contributed by atoms with Gasteiger partial charge in [-0.15, -0.1) is 0 Å². The van der Waals surface area contributed by atoms with Crippen LogP contribution in [0.2, 0.25) is 0 Å². The summed E-state index contributed by atoms with van der Waals surface area (Å²) in [7, 11) is 3.43. The third kappa shape index (κ3) is 4.75. The van der Waals surface area contributed by atoms with E-state index in [2.05, 4.69) is 19.1 Å². The fourth-order valence-electron chi connectivity index (χ4n) is 2.42. The molecule has 2 rings (SSSR count).